The number of Topliss-reactive ketones (excluding diaryl/α,β-unsaturated/α-hetero) is 1. The van der Waals surface area contributed by atoms with E-state index in [1.807, 2.05) is 64.6 Å². The third-order valence-electron chi connectivity index (χ3n) is 9.81. The van der Waals surface area contributed by atoms with Crippen molar-refractivity contribution in [2.24, 2.45) is 5.41 Å². The van der Waals surface area contributed by atoms with Gasteiger partial charge in [0.2, 0.25) is 15.9 Å². The van der Waals surface area contributed by atoms with Crippen LogP contribution in [0.1, 0.15) is 73.4 Å². The number of fused-ring (bicyclic) bond motifs is 2. The molecule has 0 N–H and O–H groups in total. The molecule has 4 heterocycles. The van der Waals surface area contributed by atoms with Crippen LogP contribution in [0.4, 0.5) is 0 Å². The predicted octanol–water partition coefficient (Wildman–Crippen LogP) is 6.31. The highest BCUT2D eigenvalue weighted by Gasteiger charge is 2.40. The molecule has 2 atom stereocenters. The van der Waals surface area contributed by atoms with Gasteiger partial charge in [0, 0.05) is 49.4 Å². The SMILES string of the molecule is CC[C@@H]1CN(Cc2cc([C@@H](c3ccc4c(nnn4CC)c3C)C(C)(C)C(=O)Cc3cnc(SC)nc3)ccc2C)S(=O)(=O)c2cccnc2O1. The van der Waals surface area contributed by atoms with Crippen molar-refractivity contribution < 1.29 is 17.9 Å². The molecule has 0 spiro atoms. The maximum absolute atomic E-state index is 14.4. The van der Waals surface area contributed by atoms with Gasteiger partial charge in [-0.3, -0.25) is 4.79 Å². The van der Waals surface area contributed by atoms with Crippen molar-refractivity contribution >= 4 is 38.6 Å². The van der Waals surface area contributed by atoms with E-state index < -0.39 is 21.4 Å². The van der Waals surface area contributed by atoms with Crippen molar-refractivity contribution in [3.63, 3.8) is 0 Å². The zero-order valence-electron chi connectivity index (χ0n) is 29.5. The average molecular weight is 714 g/mol. The number of sulfonamides is 1. The van der Waals surface area contributed by atoms with E-state index in [2.05, 4.69) is 43.5 Å². The van der Waals surface area contributed by atoms with E-state index in [4.69, 9.17) is 4.74 Å². The quantitative estimate of drug-likeness (QED) is 0.113. The van der Waals surface area contributed by atoms with Crippen molar-refractivity contribution in [3.05, 3.63) is 94.4 Å². The molecular formula is C37H43N7O4S2. The van der Waals surface area contributed by atoms with Gasteiger partial charge in [0.05, 0.1) is 12.1 Å². The molecule has 0 bridgehead atoms. The molecule has 262 valence electrons. The third-order valence-corrected chi connectivity index (χ3v) is 12.2. The van der Waals surface area contributed by atoms with Crippen LogP contribution >= 0.6 is 11.8 Å². The van der Waals surface area contributed by atoms with E-state index in [0.29, 0.717) is 18.1 Å². The zero-order valence-corrected chi connectivity index (χ0v) is 31.2. The number of hydrogen-bond donors (Lipinski definition) is 0. The third kappa shape index (κ3) is 6.66. The number of hydrogen-bond acceptors (Lipinski definition) is 10. The lowest BCUT2D eigenvalue weighted by Crippen LogP contribution is -2.37. The molecule has 0 amide bonds. The summed E-state index contributed by atoms with van der Waals surface area (Å²) in [5.41, 5.74) is 6.18. The topological polar surface area (TPSA) is 133 Å². The van der Waals surface area contributed by atoms with Gasteiger partial charge in [-0.1, -0.05) is 62.0 Å². The second kappa shape index (κ2) is 14.2. The van der Waals surface area contributed by atoms with Gasteiger partial charge in [-0.25, -0.2) is 28.1 Å². The molecule has 6 rings (SSSR count). The number of aromatic nitrogens is 6. The Bertz CT molecular complexity index is 2150. The Kier molecular flexibility index (Phi) is 10.1. The van der Waals surface area contributed by atoms with Crippen LogP contribution in [0.2, 0.25) is 0 Å². The maximum Gasteiger partial charge on any atom is 0.248 e. The van der Waals surface area contributed by atoms with Gasteiger partial charge in [-0.15, -0.1) is 5.10 Å². The fourth-order valence-corrected chi connectivity index (χ4v) is 8.58. The summed E-state index contributed by atoms with van der Waals surface area (Å²) in [6.45, 7) is 13.0. The molecule has 1 aliphatic rings. The summed E-state index contributed by atoms with van der Waals surface area (Å²) in [6, 6.07) is 13.4. The fourth-order valence-electron chi connectivity index (χ4n) is 6.74. The Morgan fingerprint density at radius 1 is 1.08 bits per heavy atom. The highest BCUT2D eigenvalue weighted by atomic mass is 32.2. The highest BCUT2D eigenvalue weighted by molar-refractivity contribution is 7.98. The van der Waals surface area contributed by atoms with Gasteiger partial charge in [-0.05, 0) is 85.0 Å². The molecular weight excluding hydrogens is 671 g/mol. The van der Waals surface area contributed by atoms with Crippen LogP contribution in [0, 0.1) is 19.3 Å². The molecule has 11 nitrogen and oxygen atoms in total. The smallest absolute Gasteiger partial charge is 0.248 e. The van der Waals surface area contributed by atoms with Gasteiger partial charge < -0.3 is 4.74 Å². The van der Waals surface area contributed by atoms with Crippen LogP contribution in [0.3, 0.4) is 0 Å². The molecule has 0 fully saturated rings. The highest BCUT2D eigenvalue weighted by Crippen LogP contribution is 2.45. The van der Waals surface area contributed by atoms with Crippen LogP contribution in [-0.4, -0.2) is 67.4 Å². The van der Waals surface area contributed by atoms with E-state index in [1.165, 1.54) is 16.1 Å². The normalized spacial score (nSPS) is 16.8. The summed E-state index contributed by atoms with van der Waals surface area (Å²) in [4.78, 5) is 27.5. The lowest BCUT2D eigenvalue weighted by Gasteiger charge is -2.35. The van der Waals surface area contributed by atoms with Crippen LogP contribution in [0.5, 0.6) is 5.88 Å². The first kappa shape index (κ1) is 35.6. The summed E-state index contributed by atoms with van der Waals surface area (Å²) in [6.07, 6.45) is 7.33. The minimum Gasteiger partial charge on any atom is -0.472 e. The average Bonchev–Trinajstić information content (AvgIpc) is 3.50. The molecule has 5 aromatic rings. The first-order valence-corrected chi connectivity index (χ1v) is 19.5. The summed E-state index contributed by atoms with van der Waals surface area (Å²) in [7, 11) is -3.91. The Balaban J connectivity index is 1.45. The summed E-state index contributed by atoms with van der Waals surface area (Å²) in [5.74, 6) is -0.231. The van der Waals surface area contributed by atoms with E-state index in [0.717, 1.165) is 44.4 Å². The zero-order chi connectivity index (χ0) is 35.8. The summed E-state index contributed by atoms with van der Waals surface area (Å²) >= 11 is 1.45. The van der Waals surface area contributed by atoms with Gasteiger partial charge >= 0.3 is 0 Å². The minimum atomic E-state index is -3.91. The number of carbonyl (C=O) groups excluding carboxylic acids is 1. The Labute approximate surface area is 297 Å². The van der Waals surface area contributed by atoms with Crippen LogP contribution < -0.4 is 4.74 Å². The number of nitrogens with zero attached hydrogens (tertiary/aromatic N) is 7. The van der Waals surface area contributed by atoms with E-state index in [-0.39, 0.29) is 42.2 Å². The van der Waals surface area contributed by atoms with Crippen molar-refractivity contribution in [3.8, 4) is 5.88 Å². The summed E-state index contributed by atoms with van der Waals surface area (Å²) < 4.78 is 37.5. The number of pyridine rings is 1. The second-order valence-corrected chi connectivity index (χ2v) is 16.0. The summed E-state index contributed by atoms with van der Waals surface area (Å²) in [5, 5.41) is 9.54. The first-order chi connectivity index (χ1) is 23.9. The van der Waals surface area contributed by atoms with Crippen LogP contribution in [0.15, 0.2) is 71.1 Å². The Hall–Kier alpha value is -4.20. The number of aryl methyl sites for hydroxylation is 3. The molecule has 0 saturated heterocycles. The monoisotopic (exact) mass is 713 g/mol. The van der Waals surface area contributed by atoms with Gasteiger partial charge in [0.1, 0.15) is 22.3 Å². The first-order valence-electron chi connectivity index (χ1n) is 16.8. The molecule has 50 heavy (non-hydrogen) atoms. The lowest BCUT2D eigenvalue weighted by molar-refractivity contribution is -0.127. The van der Waals surface area contributed by atoms with Gasteiger partial charge in [-0.2, -0.15) is 4.31 Å². The Morgan fingerprint density at radius 3 is 2.54 bits per heavy atom. The van der Waals surface area contributed by atoms with Crippen molar-refractivity contribution in [1.29, 1.82) is 0 Å². The molecule has 0 unspecified atom stereocenters. The number of thioether (sulfide) groups is 1. The van der Waals surface area contributed by atoms with Crippen molar-refractivity contribution in [2.75, 3.05) is 12.8 Å². The predicted molar refractivity (Wildman–Crippen MR) is 194 cm³/mol. The second-order valence-electron chi connectivity index (χ2n) is 13.3. The molecule has 3 aromatic heterocycles. The number of ketones is 1. The molecule has 1 aliphatic heterocycles. The molecule has 0 saturated carbocycles. The largest absolute Gasteiger partial charge is 0.472 e. The van der Waals surface area contributed by atoms with Crippen LogP contribution in [-0.2, 0) is 34.3 Å². The molecule has 2 aromatic carbocycles. The van der Waals surface area contributed by atoms with E-state index in [9.17, 15) is 13.2 Å². The fraction of sp³-hybridized carbons (Fsp3) is 0.405. The lowest BCUT2D eigenvalue weighted by atomic mass is 9.66. The minimum absolute atomic E-state index is 0.0315. The number of benzene rings is 2. The molecule has 13 heteroatoms. The number of carbonyl (C=O) groups is 1. The Morgan fingerprint density at radius 2 is 1.84 bits per heavy atom. The number of rotatable bonds is 11. The standard InChI is InChI=1S/C37H43N7O4S2/c1-8-28-22-43(50(46,47)31-11-10-16-38-35(31)48-28)21-27-18-26(13-12-23(27)3)33(29-14-15-30-34(24(29)4)41-42-44(30)9-2)37(5,6)32(45)17-25-19-39-36(49-7)40-20-25/h10-16,18-20,28,33H,8-9,17,21-22H2,1-7H3/t28-,33+/m1/s1. The van der Waals surface area contributed by atoms with E-state index in [1.54, 1.807) is 30.7 Å². The van der Waals surface area contributed by atoms with Gasteiger partial charge in [0.15, 0.2) is 5.16 Å². The van der Waals surface area contributed by atoms with Crippen molar-refractivity contribution in [1.82, 2.24) is 34.3 Å². The number of ether oxygens (including phenoxy) is 1. The van der Waals surface area contributed by atoms with Crippen LogP contribution in [0.25, 0.3) is 11.0 Å². The molecule has 0 aliphatic carbocycles. The van der Waals surface area contributed by atoms with Crippen molar-refractivity contribution in [2.45, 2.75) is 89.5 Å². The van der Waals surface area contributed by atoms with E-state index >= 15 is 0 Å². The molecule has 0 radical (unpaired) electrons. The van der Waals surface area contributed by atoms with Gasteiger partial charge in [0.25, 0.3) is 0 Å². The maximum atomic E-state index is 14.4.